The Labute approximate surface area is 103 Å². The Balaban J connectivity index is 2.05. The molecular weight excluding hydrogens is 241 g/mol. The Morgan fingerprint density at radius 1 is 1.17 bits per heavy atom. The van der Waals surface area contributed by atoms with Crippen LogP contribution in [0, 0.1) is 17.2 Å². The van der Waals surface area contributed by atoms with Crippen LogP contribution in [0.2, 0.25) is 0 Å². The number of hydrogen-bond donors (Lipinski definition) is 1. The van der Waals surface area contributed by atoms with Gasteiger partial charge in [0.05, 0.1) is 17.6 Å². The lowest BCUT2D eigenvalue weighted by atomic mass is 9.91. The van der Waals surface area contributed by atoms with Gasteiger partial charge in [-0.15, -0.1) is 0 Å². The summed E-state index contributed by atoms with van der Waals surface area (Å²) in [6, 6.07) is 7.47. The molecule has 1 aromatic carbocycles. The highest BCUT2D eigenvalue weighted by atomic mass is 19.4. The maximum absolute atomic E-state index is 12.4. The molecule has 1 aliphatic heterocycles. The molecule has 0 radical (unpaired) electrons. The molecule has 18 heavy (non-hydrogen) atoms. The second kappa shape index (κ2) is 4.99. The first-order valence-corrected chi connectivity index (χ1v) is 5.81. The zero-order valence-corrected chi connectivity index (χ0v) is 9.67. The summed E-state index contributed by atoms with van der Waals surface area (Å²) in [4.78, 5) is 0. The standard InChI is InChI=1S/C13H13F3N2/c14-13(15,16)11-4-2-10(3-5-11)12-6-1-9(7-17)8-18-12/h2-5,9,12,18H,1,6,8H2. The molecule has 0 aliphatic carbocycles. The van der Waals surface area contributed by atoms with Crippen molar-refractivity contribution in [3.63, 3.8) is 0 Å². The van der Waals surface area contributed by atoms with E-state index in [1.807, 2.05) is 0 Å². The smallest absolute Gasteiger partial charge is 0.309 e. The van der Waals surface area contributed by atoms with Gasteiger partial charge in [-0.2, -0.15) is 18.4 Å². The molecule has 1 heterocycles. The summed E-state index contributed by atoms with van der Waals surface area (Å²) in [5.41, 5.74) is 0.219. The first-order chi connectivity index (χ1) is 8.50. The molecule has 96 valence electrons. The highest BCUT2D eigenvalue weighted by Gasteiger charge is 2.30. The van der Waals surface area contributed by atoms with E-state index in [1.165, 1.54) is 12.1 Å². The molecule has 2 unspecified atom stereocenters. The molecule has 1 fully saturated rings. The van der Waals surface area contributed by atoms with Crippen LogP contribution < -0.4 is 5.32 Å². The lowest BCUT2D eigenvalue weighted by Gasteiger charge is -2.27. The summed E-state index contributed by atoms with van der Waals surface area (Å²) in [5.74, 6) is 0.00991. The minimum atomic E-state index is -4.29. The Morgan fingerprint density at radius 3 is 2.28 bits per heavy atom. The van der Waals surface area contributed by atoms with Gasteiger partial charge in [0.2, 0.25) is 0 Å². The van der Waals surface area contributed by atoms with Crippen LogP contribution >= 0.6 is 0 Å². The van der Waals surface area contributed by atoms with Crippen LogP contribution in [-0.4, -0.2) is 6.54 Å². The third-order valence-corrected chi connectivity index (χ3v) is 3.24. The van der Waals surface area contributed by atoms with Crippen LogP contribution in [0.1, 0.15) is 30.0 Å². The highest BCUT2D eigenvalue weighted by Crippen LogP contribution is 2.31. The van der Waals surface area contributed by atoms with Gasteiger partial charge in [0.1, 0.15) is 0 Å². The van der Waals surface area contributed by atoms with E-state index in [-0.39, 0.29) is 12.0 Å². The molecule has 1 aromatic rings. The largest absolute Gasteiger partial charge is 0.416 e. The number of hydrogen-bond acceptors (Lipinski definition) is 2. The van der Waals surface area contributed by atoms with Crippen molar-refractivity contribution in [1.29, 1.82) is 5.26 Å². The average Bonchev–Trinajstić information content (AvgIpc) is 2.38. The third kappa shape index (κ3) is 2.82. The summed E-state index contributed by atoms with van der Waals surface area (Å²) in [7, 11) is 0. The Bertz CT molecular complexity index is 437. The fourth-order valence-electron chi connectivity index (χ4n) is 2.16. The van der Waals surface area contributed by atoms with Crippen molar-refractivity contribution in [3.05, 3.63) is 35.4 Å². The number of nitrogens with one attached hydrogen (secondary N) is 1. The van der Waals surface area contributed by atoms with Crippen molar-refractivity contribution >= 4 is 0 Å². The number of piperidine rings is 1. The molecule has 1 aliphatic rings. The van der Waals surface area contributed by atoms with Crippen LogP contribution in [0.4, 0.5) is 13.2 Å². The zero-order chi connectivity index (χ0) is 13.2. The van der Waals surface area contributed by atoms with Gasteiger partial charge >= 0.3 is 6.18 Å². The number of nitrogens with zero attached hydrogens (tertiary/aromatic N) is 1. The molecule has 2 atom stereocenters. The second-order valence-electron chi connectivity index (χ2n) is 4.48. The lowest BCUT2D eigenvalue weighted by Crippen LogP contribution is -2.32. The van der Waals surface area contributed by atoms with Gasteiger partial charge in [0, 0.05) is 12.6 Å². The van der Waals surface area contributed by atoms with E-state index in [1.54, 1.807) is 0 Å². The van der Waals surface area contributed by atoms with Gasteiger partial charge in [0.15, 0.2) is 0 Å². The van der Waals surface area contributed by atoms with Crippen molar-refractivity contribution in [2.75, 3.05) is 6.54 Å². The average molecular weight is 254 g/mol. The summed E-state index contributed by atoms with van der Waals surface area (Å²) in [6.45, 7) is 0.599. The predicted octanol–water partition coefficient (Wildman–Crippen LogP) is 3.27. The van der Waals surface area contributed by atoms with E-state index in [9.17, 15) is 13.2 Å². The maximum atomic E-state index is 12.4. The molecule has 0 saturated carbocycles. The monoisotopic (exact) mass is 254 g/mol. The predicted molar refractivity (Wildman–Crippen MR) is 60.5 cm³/mol. The molecule has 0 amide bonds. The molecule has 0 aromatic heterocycles. The number of nitriles is 1. The topological polar surface area (TPSA) is 35.8 Å². The molecule has 0 spiro atoms. The van der Waals surface area contributed by atoms with Crippen molar-refractivity contribution in [2.45, 2.75) is 25.1 Å². The summed E-state index contributed by atoms with van der Waals surface area (Å²) in [6.07, 6.45) is -2.72. The van der Waals surface area contributed by atoms with Gasteiger partial charge in [-0.1, -0.05) is 12.1 Å². The summed E-state index contributed by atoms with van der Waals surface area (Å²) in [5, 5.41) is 11.9. The molecule has 2 nitrogen and oxygen atoms in total. The summed E-state index contributed by atoms with van der Waals surface area (Å²) < 4.78 is 37.2. The second-order valence-corrected chi connectivity index (χ2v) is 4.48. The number of halogens is 3. The Morgan fingerprint density at radius 2 is 1.83 bits per heavy atom. The van der Waals surface area contributed by atoms with Gasteiger partial charge in [-0.3, -0.25) is 0 Å². The Hall–Kier alpha value is -1.54. The maximum Gasteiger partial charge on any atom is 0.416 e. The fraction of sp³-hybridized carbons (Fsp3) is 0.462. The minimum Gasteiger partial charge on any atom is -0.309 e. The quantitative estimate of drug-likeness (QED) is 0.834. The zero-order valence-electron chi connectivity index (χ0n) is 9.67. The highest BCUT2D eigenvalue weighted by molar-refractivity contribution is 5.27. The van der Waals surface area contributed by atoms with Crippen LogP contribution in [0.3, 0.4) is 0 Å². The van der Waals surface area contributed by atoms with E-state index in [4.69, 9.17) is 5.26 Å². The van der Waals surface area contributed by atoms with Gasteiger partial charge in [0.25, 0.3) is 0 Å². The third-order valence-electron chi connectivity index (χ3n) is 3.24. The molecule has 5 heteroatoms. The van der Waals surface area contributed by atoms with Crippen LogP contribution in [0.25, 0.3) is 0 Å². The van der Waals surface area contributed by atoms with E-state index >= 15 is 0 Å². The molecule has 2 rings (SSSR count). The van der Waals surface area contributed by atoms with Gasteiger partial charge < -0.3 is 5.32 Å². The molecule has 1 N–H and O–H groups in total. The lowest BCUT2D eigenvalue weighted by molar-refractivity contribution is -0.137. The fourth-order valence-corrected chi connectivity index (χ4v) is 2.16. The normalized spacial score (nSPS) is 24.6. The molecule has 1 saturated heterocycles. The van der Waals surface area contributed by atoms with Crippen molar-refractivity contribution in [2.24, 2.45) is 5.92 Å². The first-order valence-electron chi connectivity index (χ1n) is 5.81. The number of benzene rings is 1. The van der Waals surface area contributed by atoms with Gasteiger partial charge in [-0.05, 0) is 30.5 Å². The van der Waals surface area contributed by atoms with E-state index in [0.29, 0.717) is 6.54 Å². The molecule has 0 bridgehead atoms. The first kappa shape index (κ1) is 12.9. The number of rotatable bonds is 1. The molecular formula is C13H13F3N2. The van der Waals surface area contributed by atoms with Crippen LogP contribution in [-0.2, 0) is 6.18 Å². The van der Waals surface area contributed by atoms with Gasteiger partial charge in [-0.25, -0.2) is 0 Å². The van der Waals surface area contributed by atoms with E-state index in [0.717, 1.165) is 30.5 Å². The number of alkyl halides is 3. The Kier molecular flexibility index (Phi) is 3.58. The summed E-state index contributed by atoms with van der Waals surface area (Å²) >= 11 is 0. The SMILES string of the molecule is N#CC1CCC(c2ccc(C(F)(F)F)cc2)NC1. The van der Waals surface area contributed by atoms with Crippen molar-refractivity contribution in [1.82, 2.24) is 5.32 Å². The van der Waals surface area contributed by atoms with E-state index < -0.39 is 11.7 Å². The van der Waals surface area contributed by atoms with E-state index in [2.05, 4.69) is 11.4 Å². The minimum absolute atomic E-state index is 0.00991. The van der Waals surface area contributed by atoms with Crippen LogP contribution in [0.15, 0.2) is 24.3 Å². The van der Waals surface area contributed by atoms with Crippen molar-refractivity contribution < 1.29 is 13.2 Å². The van der Waals surface area contributed by atoms with Crippen LogP contribution in [0.5, 0.6) is 0 Å². The van der Waals surface area contributed by atoms with Crippen molar-refractivity contribution in [3.8, 4) is 6.07 Å².